The first kappa shape index (κ1) is 32.4. The van der Waals surface area contributed by atoms with Gasteiger partial charge in [0, 0.05) is 49.2 Å². The molecule has 13 rings (SSSR count). The van der Waals surface area contributed by atoms with E-state index in [0.29, 0.717) is 0 Å². The molecule has 8 fully saturated rings. The smallest absolute Gasteiger partial charge is 0.104 e. The summed E-state index contributed by atoms with van der Waals surface area (Å²) < 4.78 is 18.1. The second-order valence-corrected chi connectivity index (χ2v) is 20.6. The van der Waals surface area contributed by atoms with Gasteiger partial charge in [0.2, 0.25) is 0 Å². The molecule has 1 radical (unpaired) electrons. The molecule has 49 heavy (non-hydrogen) atoms. The van der Waals surface area contributed by atoms with Gasteiger partial charge >= 0.3 is 0 Å². The monoisotopic (exact) mass is 843 g/mol. The molecule has 0 spiro atoms. The molecule has 3 aromatic carbocycles. The average Bonchev–Trinajstić information content (AvgIpc) is 3.39. The molecule has 255 valence electrons. The number of fused-ring (bicyclic) bond motifs is 3. The summed E-state index contributed by atoms with van der Waals surface area (Å²) in [6.45, 7) is 0. The maximum atomic E-state index is 15.9. The van der Waals surface area contributed by atoms with Crippen LogP contribution in [0.25, 0.3) is 33.1 Å². The summed E-state index contributed by atoms with van der Waals surface area (Å²) in [5, 5.41) is 3.95. The van der Waals surface area contributed by atoms with E-state index in [0.717, 1.165) is 46.8 Å². The van der Waals surface area contributed by atoms with E-state index in [-0.39, 0.29) is 30.4 Å². The molecule has 0 aliphatic heterocycles. The standard InChI is InChI=1S/C26H34OP.C18H13N2.Ir/c27-28(24-4-2-1-3-5-24,25-12-18-6-19(13-25)8-20(7-18)14-25)26-15-21-9-22(16-26)11-23(10-21)17-26;1-20-17-11-3-2-7-13(17)14-8-6-9-15(18(14)20)16-10-4-5-12-19-16;/h1-4,18-23H,6-17H2;2-8,10-12H,1H3;/q2*-1;. The van der Waals surface area contributed by atoms with E-state index in [1.165, 1.54) is 104 Å². The van der Waals surface area contributed by atoms with Crippen molar-refractivity contribution >= 4 is 34.3 Å². The quantitative estimate of drug-likeness (QED) is 0.133. The number of hydrogen-bond acceptors (Lipinski definition) is 2. The summed E-state index contributed by atoms with van der Waals surface area (Å²) in [5.41, 5.74) is 4.44. The van der Waals surface area contributed by atoms with Crippen molar-refractivity contribution in [2.75, 3.05) is 0 Å². The van der Waals surface area contributed by atoms with Crippen molar-refractivity contribution < 1.29 is 24.7 Å². The number of nitrogens with zero attached hydrogens (tertiary/aromatic N) is 2. The summed E-state index contributed by atoms with van der Waals surface area (Å²) in [4.78, 5) is 4.47. The molecular formula is C44H47IrN2OP-2. The molecule has 5 heteroatoms. The van der Waals surface area contributed by atoms with Gasteiger partial charge in [-0.05, 0) is 141 Å². The number of hydrogen-bond donors (Lipinski definition) is 0. The maximum Gasteiger partial charge on any atom is 0.104 e. The summed E-state index contributed by atoms with van der Waals surface area (Å²) in [6, 6.07) is 34.0. The van der Waals surface area contributed by atoms with Crippen LogP contribution < -0.4 is 5.30 Å². The molecule has 5 aromatic rings. The maximum absolute atomic E-state index is 15.9. The van der Waals surface area contributed by atoms with Gasteiger partial charge in [0.15, 0.2) is 0 Å². The van der Waals surface area contributed by atoms with E-state index in [1.807, 2.05) is 30.5 Å². The predicted molar refractivity (Wildman–Crippen MR) is 197 cm³/mol. The summed E-state index contributed by atoms with van der Waals surface area (Å²) in [7, 11) is -0.424. The topological polar surface area (TPSA) is 34.9 Å². The van der Waals surface area contributed by atoms with E-state index in [4.69, 9.17) is 0 Å². The second-order valence-electron chi connectivity index (χ2n) is 17.0. The minimum absolute atomic E-state index is 0. The van der Waals surface area contributed by atoms with Crippen molar-refractivity contribution in [3.8, 4) is 11.3 Å². The zero-order chi connectivity index (χ0) is 32.1. The van der Waals surface area contributed by atoms with E-state index >= 15 is 4.57 Å². The Kier molecular flexibility index (Phi) is 7.96. The van der Waals surface area contributed by atoms with Gasteiger partial charge in [-0.2, -0.15) is 30.3 Å². The molecule has 8 aliphatic carbocycles. The Morgan fingerprint density at radius 1 is 0.653 bits per heavy atom. The average molecular weight is 843 g/mol. The Labute approximate surface area is 305 Å². The Morgan fingerprint density at radius 2 is 1.20 bits per heavy atom. The van der Waals surface area contributed by atoms with Crippen molar-refractivity contribution in [2.45, 2.75) is 87.4 Å². The third kappa shape index (κ3) is 4.90. The molecule has 8 bridgehead atoms. The predicted octanol–water partition coefficient (Wildman–Crippen LogP) is 10.6. The molecule has 3 nitrogen and oxygen atoms in total. The zero-order valence-corrected chi connectivity index (χ0v) is 31.9. The van der Waals surface area contributed by atoms with Crippen molar-refractivity contribution in [1.29, 1.82) is 0 Å². The summed E-state index contributed by atoms with van der Waals surface area (Å²) in [6.07, 6.45) is 18.2. The van der Waals surface area contributed by atoms with Gasteiger partial charge in [0.05, 0.1) is 0 Å². The number of aromatic nitrogens is 2. The van der Waals surface area contributed by atoms with E-state index in [1.54, 1.807) is 0 Å². The third-order valence-electron chi connectivity index (χ3n) is 14.2. The van der Waals surface area contributed by atoms with Crippen LogP contribution in [0, 0.1) is 47.6 Å². The molecule has 0 N–H and O–H groups in total. The van der Waals surface area contributed by atoms with Crippen molar-refractivity contribution in [2.24, 2.45) is 42.6 Å². The van der Waals surface area contributed by atoms with Crippen LogP contribution >= 0.6 is 7.14 Å². The molecular weight excluding hydrogens is 796 g/mol. The van der Waals surface area contributed by atoms with Gasteiger partial charge in [-0.15, -0.1) is 29.1 Å². The minimum atomic E-state index is -2.53. The van der Waals surface area contributed by atoms with Crippen LogP contribution in [-0.4, -0.2) is 19.9 Å². The third-order valence-corrected chi connectivity index (χ3v) is 18.9. The van der Waals surface area contributed by atoms with Crippen LogP contribution in [-0.2, 0) is 31.7 Å². The Balaban J connectivity index is 0.000000137. The minimum Gasteiger partial charge on any atom is -0.383 e. The second kappa shape index (κ2) is 12.0. The number of rotatable bonds is 4. The van der Waals surface area contributed by atoms with Crippen LogP contribution in [0.3, 0.4) is 0 Å². The van der Waals surface area contributed by atoms with Crippen LogP contribution in [0.15, 0.2) is 85.1 Å². The van der Waals surface area contributed by atoms with Gasteiger partial charge in [-0.1, -0.05) is 35.7 Å². The fraction of sp³-hybridized carbons (Fsp3) is 0.477. The number of aryl methyl sites for hydroxylation is 1. The van der Waals surface area contributed by atoms with Crippen LogP contribution in [0.4, 0.5) is 0 Å². The number of pyridine rings is 1. The van der Waals surface area contributed by atoms with Crippen molar-refractivity contribution in [3.63, 3.8) is 0 Å². The van der Waals surface area contributed by atoms with Gasteiger partial charge in [0.1, 0.15) is 7.14 Å². The molecule has 0 amide bonds. The van der Waals surface area contributed by atoms with Gasteiger partial charge < -0.3 is 14.1 Å². The SMILES string of the molecule is Cn1c2ccccc2c2cc[c-]c(-c3ccccn3)c21.O=P(c1[c-]cccc1)(C12CC3CC(CC(C3)C1)C2)C12CC3CC(CC(C3)C1)C2.[Ir]. The summed E-state index contributed by atoms with van der Waals surface area (Å²) in [5.74, 6) is 5.23. The van der Waals surface area contributed by atoms with Gasteiger partial charge in [0.25, 0.3) is 0 Å². The van der Waals surface area contributed by atoms with Crippen LogP contribution in [0.5, 0.6) is 0 Å². The van der Waals surface area contributed by atoms with E-state index in [2.05, 4.69) is 83.3 Å². The Bertz CT molecular complexity index is 1930. The molecule has 8 aliphatic rings. The normalized spacial score (nSPS) is 34.7. The molecule has 0 unspecified atom stereocenters. The molecule has 2 aromatic heterocycles. The van der Waals surface area contributed by atoms with Crippen molar-refractivity contribution in [3.05, 3.63) is 97.2 Å². The first-order valence-electron chi connectivity index (χ1n) is 18.8. The van der Waals surface area contributed by atoms with Crippen molar-refractivity contribution in [1.82, 2.24) is 9.55 Å². The van der Waals surface area contributed by atoms with E-state index in [9.17, 15) is 0 Å². The molecule has 2 heterocycles. The largest absolute Gasteiger partial charge is 0.383 e. The van der Waals surface area contributed by atoms with E-state index < -0.39 is 7.14 Å². The number of benzene rings is 3. The molecule has 0 atom stereocenters. The van der Waals surface area contributed by atoms with Gasteiger partial charge in [-0.3, -0.25) is 0 Å². The van der Waals surface area contributed by atoms with Crippen LogP contribution in [0.2, 0.25) is 0 Å². The molecule has 0 saturated heterocycles. The Hall–Kier alpha value is -2.51. The molecule has 8 saturated carbocycles. The Morgan fingerprint density at radius 3 is 1.73 bits per heavy atom. The number of para-hydroxylation sites is 1. The first-order valence-corrected chi connectivity index (χ1v) is 20.5. The zero-order valence-electron chi connectivity index (χ0n) is 28.6. The van der Waals surface area contributed by atoms with Crippen LogP contribution in [0.1, 0.15) is 77.0 Å². The first-order chi connectivity index (χ1) is 23.4. The summed E-state index contributed by atoms with van der Waals surface area (Å²) >= 11 is 0. The fourth-order valence-corrected chi connectivity index (χ4v) is 19.0. The van der Waals surface area contributed by atoms with Gasteiger partial charge in [-0.25, -0.2) is 0 Å². The fourth-order valence-electron chi connectivity index (χ4n) is 13.4.